The minimum absolute atomic E-state index is 0.0935. The van der Waals surface area contributed by atoms with Crippen molar-refractivity contribution in [3.63, 3.8) is 0 Å². The fourth-order valence-electron chi connectivity index (χ4n) is 2.85. The maximum atomic E-state index is 10.8. The normalized spacial score (nSPS) is 16.7. The van der Waals surface area contributed by atoms with Gasteiger partial charge in [-0.05, 0) is 33.0 Å². The summed E-state index contributed by atoms with van der Waals surface area (Å²) in [5, 5.41) is 23.0. The van der Waals surface area contributed by atoms with Crippen LogP contribution in [0.15, 0.2) is 12.1 Å². The van der Waals surface area contributed by atoms with Crippen molar-refractivity contribution in [2.24, 2.45) is 0 Å². The first-order chi connectivity index (χ1) is 9.98. The van der Waals surface area contributed by atoms with Crippen molar-refractivity contribution in [3.05, 3.63) is 27.9 Å². The van der Waals surface area contributed by atoms with E-state index >= 15 is 0 Å². The monoisotopic (exact) mass is 289 g/mol. The summed E-state index contributed by atoms with van der Waals surface area (Å²) in [4.78, 5) is 16.5. The standard InChI is InChI=1S/C14H19N5O2/c1-18(2)14(7-3-4-8-14)10-16-13-6-5-12(19(20)21)11(9-15)17-13/h5-6H,3-4,7-8,10H2,1-2H3,(H,16,17). The van der Waals surface area contributed by atoms with Gasteiger partial charge in [-0.1, -0.05) is 12.8 Å². The van der Waals surface area contributed by atoms with Gasteiger partial charge in [0.05, 0.1) is 4.92 Å². The van der Waals surface area contributed by atoms with Gasteiger partial charge in [0.1, 0.15) is 11.9 Å². The predicted molar refractivity (Wildman–Crippen MR) is 79.0 cm³/mol. The molecule has 0 spiro atoms. The first-order valence-corrected chi connectivity index (χ1v) is 6.95. The van der Waals surface area contributed by atoms with Gasteiger partial charge in [0.2, 0.25) is 5.69 Å². The second-order valence-electron chi connectivity index (χ2n) is 5.61. The molecular weight excluding hydrogens is 270 g/mol. The molecule has 1 N–H and O–H groups in total. The molecular formula is C14H19N5O2. The smallest absolute Gasteiger partial charge is 0.305 e. The second kappa shape index (κ2) is 6.06. The Labute approximate surface area is 123 Å². The minimum Gasteiger partial charge on any atom is -0.368 e. The quantitative estimate of drug-likeness (QED) is 0.659. The van der Waals surface area contributed by atoms with Crippen molar-refractivity contribution >= 4 is 11.5 Å². The van der Waals surface area contributed by atoms with Gasteiger partial charge in [-0.3, -0.25) is 10.1 Å². The van der Waals surface area contributed by atoms with Gasteiger partial charge in [0.15, 0.2) is 0 Å². The van der Waals surface area contributed by atoms with Gasteiger partial charge >= 0.3 is 5.69 Å². The van der Waals surface area contributed by atoms with Gasteiger partial charge in [-0.25, -0.2) is 4.98 Å². The maximum absolute atomic E-state index is 10.8. The molecule has 7 heteroatoms. The highest BCUT2D eigenvalue weighted by atomic mass is 16.6. The first kappa shape index (κ1) is 15.2. The van der Waals surface area contributed by atoms with Crippen LogP contribution in [0.4, 0.5) is 11.5 Å². The molecule has 0 radical (unpaired) electrons. The molecule has 1 aromatic heterocycles. The Morgan fingerprint density at radius 2 is 2.14 bits per heavy atom. The summed E-state index contributed by atoms with van der Waals surface area (Å²) < 4.78 is 0. The van der Waals surface area contributed by atoms with E-state index in [4.69, 9.17) is 5.26 Å². The summed E-state index contributed by atoms with van der Waals surface area (Å²) in [6.07, 6.45) is 4.64. The number of hydrogen-bond acceptors (Lipinski definition) is 6. The number of nitro groups is 1. The van der Waals surface area contributed by atoms with Crippen molar-refractivity contribution in [2.75, 3.05) is 26.0 Å². The molecule has 112 valence electrons. The molecule has 1 heterocycles. The molecule has 21 heavy (non-hydrogen) atoms. The van der Waals surface area contributed by atoms with E-state index < -0.39 is 4.92 Å². The number of anilines is 1. The fraction of sp³-hybridized carbons (Fsp3) is 0.571. The van der Waals surface area contributed by atoms with Crippen LogP contribution in [0.5, 0.6) is 0 Å². The van der Waals surface area contributed by atoms with Gasteiger partial charge in [-0.15, -0.1) is 0 Å². The molecule has 1 fully saturated rings. The highest BCUT2D eigenvalue weighted by molar-refractivity contribution is 5.50. The van der Waals surface area contributed by atoms with Gasteiger partial charge in [0.25, 0.3) is 0 Å². The van der Waals surface area contributed by atoms with Crippen LogP contribution in [-0.2, 0) is 0 Å². The van der Waals surface area contributed by atoms with E-state index in [-0.39, 0.29) is 16.9 Å². The third-order valence-corrected chi connectivity index (χ3v) is 4.26. The Hall–Kier alpha value is -2.20. The minimum atomic E-state index is -0.590. The van der Waals surface area contributed by atoms with Crippen LogP contribution in [0, 0.1) is 21.4 Å². The van der Waals surface area contributed by atoms with Crippen molar-refractivity contribution in [1.82, 2.24) is 9.88 Å². The SMILES string of the molecule is CN(C)C1(CNc2ccc([N+](=O)[O-])c(C#N)n2)CCCC1. The molecule has 7 nitrogen and oxygen atoms in total. The number of pyridine rings is 1. The topological polar surface area (TPSA) is 95.1 Å². The van der Waals surface area contributed by atoms with Gasteiger partial charge in [-0.2, -0.15) is 5.26 Å². The highest BCUT2D eigenvalue weighted by Crippen LogP contribution is 2.34. The Bertz CT molecular complexity index is 573. The molecule has 1 aromatic rings. The number of nitrogens with one attached hydrogen (secondary N) is 1. The number of hydrogen-bond donors (Lipinski definition) is 1. The van der Waals surface area contributed by atoms with Crippen molar-refractivity contribution in [3.8, 4) is 6.07 Å². The molecule has 1 aliphatic rings. The molecule has 0 atom stereocenters. The van der Waals surface area contributed by atoms with E-state index in [1.165, 1.54) is 18.9 Å². The summed E-state index contributed by atoms with van der Waals surface area (Å²) in [5.74, 6) is 0.505. The third kappa shape index (κ3) is 3.11. The van der Waals surface area contributed by atoms with E-state index in [9.17, 15) is 10.1 Å². The average Bonchev–Trinajstić information content (AvgIpc) is 2.94. The summed E-state index contributed by atoms with van der Waals surface area (Å²) in [6, 6.07) is 4.65. The molecule has 1 saturated carbocycles. The Balaban J connectivity index is 2.14. The molecule has 0 bridgehead atoms. The van der Waals surface area contributed by atoms with Crippen LogP contribution < -0.4 is 5.32 Å². The largest absolute Gasteiger partial charge is 0.368 e. The van der Waals surface area contributed by atoms with E-state index in [1.54, 1.807) is 12.1 Å². The maximum Gasteiger partial charge on any atom is 0.305 e. The molecule has 0 aromatic carbocycles. The lowest BCUT2D eigenvalue weighted by atomic mass is 9.96. The molecule has 0 unspecified atom stereocenters. The summed E-state index contributed by atoms with van der Waals surface area (Å²) >= 11 is 0. The summed E-state index contributed by atoms with van der Waals surface area (Å²) in [6.45, 7) is 0.718. The number of nitriles is 1. The number of aromatic nitrogens is 1. The lowest BCUT2D eigenvalue weighted by Crippen LogP contribution is -2.47. The lowest BCUT2D eigenvalue weighted by molar-refractivity contribution is -0.385. The molecule has 1 aliphatic carbocycles. The van der Waals surface area contributed by atoms with E-state index in [2.05, 4.69) is 29.3 Å². The Morgan fingerprint density at radius 3 is 2.67 bits per heavy atom. The molecule has 2 rings (SSSR count). The van der Waals surface area contributed by atoms with Crippen LogP contribution >= 0.6 is 0 Å². The fourth-order valence-corrected chi connectivity index (χ4v) is 2.85. The molecule has 0 saturated heterocycles. The third-order valence-electron chi connectivity index (χ3n) is 4.26. The Kier molecular flexibility index (Phi) is 4.38. The van der Waals surface area contributed by atoms with E-state index in [1.807, 2.05) is 0 Å². The van der Waals surface area contributed by atoms with Crippen LogP contribution in [0.1, 0.15) is 31.4 Å². The second-order valence-corrected chi connectivity index (χ2v) is 5.61. The van der Waals surface area contributed by atoms with Crippen molar-refractivity contribution in [2.45, 2.75) is 31.2 Å². The lowest BCUT2D eigenvalue weighted by Gasteiger charge is -2.36. The number of rotatable bonds is 5. The van der Waals surface area contributed by atoms with Crippen LogP contribution in [0.3, 0.4) is 0 Å². The van der Waals surface area contributed by atoms with Crippen LogP contribution in [-0.4, -0.2) is 41.0 Å². The Morgan fingerprint density at radius 1 is 1.48 bits per heavy atom. The van der Waals surface area contributed by atoms with Gasteiger partial charge in [0, 0.05) is 18.2 Å². The van der Waals surface area contributed by atoms with Gasteiger partial charge < -0.3 is 10.2 Å². The molecule has 0 amide bonds. The average molecular weight is 289 g/mol. The summed E-state index contributed by atoms with van der Waals surface area (Å²) in [5.41, 5.74) is -0.322. The van der Waals surface area contributed by atoms with E-state index in [0.717, 1.165) is 19.4 Å². The van der Waals surface area contributed by atoms with Crippen molar-refractivity contribution < 1.29 is 4.92 Å². The molecule has 0 aliphatic heterocycles. The highest BCUT2D eigenvalue weighted by Gasteiger charge is 2.35. The zero-order valence-corrected chi connectivity index (χ0v) is 12.3. The first-order valence-electron chi connectivity index (χ1n) is 6.95. The summed E-state index contributed by atoms with van der Waals surface area (Å²) in [7, 11) is 4.13. The van der Waals surface area contributed by atoms with E-state index in [0.29, 0.717) is 5.82 Å². The predicted octanol–water partition coefficient (Wildman–Crippen LogP) is 2.15. The zero-order valence-electron chi connectivity index (χ0n) is 12.3. The van der Waals surface area contributed by atoms with Crippen LogP contribution in [0.2, 0.25) is 0 Å². The van der Waals surface area contributed by atoms with Crippen molar-refractivity contribution in [1.29, 1.82) is 5.26 Å². The number of likely N-dealkylation sites (N-methyl/N-ethyl adjacent to an activating group) is 1. The van der Waals surface area contributed by atoms with Crippen LogP contribution in [0.25, 0.3) is 0 Å². The number of nitrogens with zero attached hydrogens (tertiary/aromatic N) is 4. The zero-order chi connectivity index (χ0) is 15.5.